The van der Waals surface area contributed by atoms with Crippen LogP contribution < -0.4 is 0 Å². The number of pyridine rings is 1. The zero-order valence-electron chi connectivity index (χ0n) is 12.2. The number of fused-ring (bicyclic) bond motifs is 1. The maximum atomic E-state index is 4.62. The normalized spacial score (nSPS) is 12.2. The molecule has 0 radical (unpaired) electrons. The van der Waals surface area contributed by atoms with Gasteiger partial charge in [0.2, 0.25) is 0 Å². The van der Waals surface area contributed by atoms with E-state index in [-0.39, 0.29) is 0 Å². The number of thiol groups is 1. The molecular weight excluding hydrogens is 286 g/mol. The molecule has 2 heterocycles. The third-order valence-corrected chi connectivity index (χ3v) is 5.65. The van der Waals surface area contributed by atoms with Crippen molar-refractivity contribution in [2.75, 3.05) is 11.5 Å². The Balaban J connectivity index is 2.12. The summed E-state index contributed by atoms with van der Waals surface area (Å²) in [6, 6.07) is 6.00. The molecule has 2 aromatic heterocycles. The molecule has 0 amide bonds. The first kappa shape index (κ1) is 15.7. The minimum Gasteiger partial charge on any atom is -0.277 e. The number of hydrogen-bond donors (Lipinski definition) is 1. The number of hydrogen-bond acceptors (Lipinski definition) is 4. The molecule has 2 aromatic rings. The van der Waals surface area contributed by atoms with Crippen LogP contribution in [-0.4, -0.2) is 26.1 Å². The molecule has 110 valence electrons. The maximum absolute atomic E-state index is 4.62. The second kappa shape index (κ2) is 7.36. The smallest absolute Gasteiger partial charge is 0.195 e. The lowest BCUT2D eigenvalue weighted by atomic mass is 9.83. The quantitative estimate of drug-likeness (QED) is 0.581. The molecule has 0 fully saturated rings. The second-order valence-electron chi connectivity index (χ2n) is 5.36. The molecule has 0 spiro atoms. The molecule has 0 N–H and O–H groups in total. The highest BCUT2D eigenvalue weighted by Crippen LogP contribution is 2.36. The number of nitrogens with zero attached hydrogens (tertiary/aromatic N) is 3. The Bertz CT molecular complexity index is 533. The molecule has 0 atom stereocenters. The third kappa shape index (κ3) is 3.50. The molecule has 3 nitrogen and oxygen atoms in total. The fourth-order valence-electron chi connectivity index (χ4n) is 2.67. The Morgan fingerprint density at radius 3 is 2.60 bits per heavy atom. The highest BCUT2D eigenvalue weighted by atomic mass is 32.2. The minimum atomic E-state index is 0.317. The van der Waals surface area contributed by atoms with Crippen molar-refractivity contribution in [2.45, 2.75) is 44.7 Å². The molecule has 0 aromatic carbocycles. The van der Waals surface area contributed by atoms with Gasteiger partial charge in [-0.15, -0.1) is 10.2 Å². The molecule has 20 heavy (non-hydrogen) atoms. The minimum absolute atomic E-state index is 0.317. The van der Waals surface area contributed by atoms with Crippen LogP contribution in [0.25, 0.3) is 5.65 Å². The molecule has 0 aliphatic heterocycles. The lowest BCUT2D eigenvalue weighted by molar-refractivity contribution is 0.318. The summed E-state index contributed by atoms with van der Waals surface area (Å²) >= 11 is 6.43. The van der Waals surface area contributed by atoms with Crippen LogP contribution in [0.4, 0.5) is 0 Å². The summed E-state index contributed by atoms with van der Waals surface area (Å²) in [5.74, 6) is 2.01. The number of thioether (sulfide) groups is 1. The van der Waals surface area contributed by atoms with E-state index in [4.69, 9.17) is 0 Å². The van der Waals surface area contributed by atoms with E-state index < -0.39 is 0 Å². The van der Waals surface area contributed by atoms with Crippen LogP contribution in [0.3, 0.4) is 0 Å². The van der Waals surface area contributed by atoms with Crippen LogP contribution in [0, 0.1) is 5.41 Å². The number of aromatic nitrogens is 3. The van der Waals surface area contributed by atoms with Crippen molar-refractivity contribution in [1.29, 1.82) is 0 Å². The van der Waals surface area contributed by atoms with E-state index in [1.807, 2.05) is 36.2 Å². The Labute approximate surface area is 131 Å². The van der Waals surface area contributed by atoms with E-state index in [1.165, 1.54) is 25.7 Å². The van der Waals surface area contributed by atoms with Crippen LogP contribution in [0.15, 0.2) is 29.6 Å². The van der Waals surface area contributed by atoms with Crippen molar-refractivity contribution < 1.29 is 0 Å². The fourth-order valence-corrected chi connectivity index (χ4v) is 4.47. The van der Waals surface area contributed by atoms with Crippen molar-refractivity contribution in [3.63, 3.8) is 0 Å². The zero-order chi connectivity index (χ0) is 14.4. The van der Waals surface area contributed by atoms with Crippen molar-refractivity contribution >= 4 is 30.0 Å². The summed E-state index contributed by atoms with van der Waals surface area (Å²) in [6.45, 7) is 4.51. The van der Waals surface area contributed by atoms with E-state index in [0.717, 1.165) is 22.3 Å². The van der Waals surface area contributed by atoms with Crippen LogP contribution in [-0.2, 0) is 0 Å². The van der Waals surface area contributed by atoms with Crippen LogP contribution >= 0.6 is 24.4 Å². The fraction of sp³-hybridized carbons (Fsp3) is 0.600. The largest absolute Gasteiger partial charge is 0.277 e. The third-order valence-electron chi connectivity index (χ3n) is 3.69. The van der Waals surface area contributed by atoms with Gasteiger partial charge in [0.25, 0.3) is 0 Å². The number of rotatable bonds is 8. The molecule has 0 aliphatic rings. The van der Waals surface area contributed by atoms with Crippen LogP contribution in [0.5, 0.6) is 0 Å². The van der Waals surface area contributed by atoms with Gasteiger partial charge >= 0.3 is 0 Å². The molecule has 0 saturated heterocycles. The van der Waals surface area contributed by atoms with Gasteiger partial charge in [0.05, 0.1) is 0 Å². The van der Waals surface area contributed by atoms with Crippen LogP contribution in [0.2, 0.25) is 0 Å². The molecule has 5 heteroatoms. The predicted octanol–water partition coefficient (Wildman–Crippen LogP) is 4.34. The predicted molar refractivity (Wildman–Crippen MR) is 89.8 cm³/mol. The maximum Gasteiger partial charge on any atom is 0.195 e. The van der Waals surface area contributed by atoms with Crippen LogP contribution in [0.1, 0.15) is 39.5 Å². The molecule has 0 saturated carbocycles. The Hall–Kier alpha value is -0.680. The van der Waals surface area contributed by atoms with E-state index >= 15 is 0 Å². The van der Waals surface area contributed by atoms with Gasteiger partial charge in [-0.05, 0) is 36.1 Å². The monoisotopic (exact) mass is 309 g/mol. The van der Waals surface area contributed by atoms with E-state index in [9.17, 15) is 0 Å². The SMILES string of the molecule is CCCC(CS)(CCC)CSc1nnc2ccccn12. The summed E-state index contributed by atoms with van der Waals surface area (Å²) < 4.78 is 2.06. The summed E-state index contributed by atoms with van der Waals surface area (Å²) in [6.07, 6.45) is 6.91. The highest BCUT2D eigenvalue weighted by Gasteiger charge is 2.27. The van der Waals surface area contributed by atoms with Gasteiger partial charge in [0.1, 0.15) is 0 Å². The average molecular weight is 310 g/mol. The van der Waals surface area contributed by atoms with Crippen molar-refractivity contribution in [2.24, 2.45) is 5.41 Å². The average Bonchev–Trinajstić information content (AvgIpc) is 2.88. The first-order chi connectivity index (χ1) is 9.74. The molecule has 0 bridgehead atoms. The van der Waals surface area contributed by atoms with Gasteiger partial charge in [-0.25, -0.2) is 0 Å². The van der Waals surface area contributed by atoms with Gasteiger partial charge in [-0.1, -0.05) is 44.5 Å². The molecule has 2 rings (SSSR count). The summed E-state index contributed by atoms with van der Waals surface area (Å²) in [5, 5.41) is 9.50. The summed E-state index contributed by atoms with van der Waals surface area (Å²) in [4.78, 5) is 0. The first-order valence-corrected chi connectivity index (χ1v) is 8.90. The Kier molecular flexibility index (Phi) is 5.78. The van der Waals surface area contributed by atoms with Gasteiger partial charge in [0, 0.05) is 11.9 Å². The Morgan fingerprint density at radius 1 is 1.20 bits per heavy atom. The first-order valence-electron chi connectivity index (χ1n) is 7.28. The van der Waals surface area contributed by atoms with Crippen molar-refractivity contribution in [1.82, 2.24) is 14.6 Å². The zero-order valence-corrected chi connectivity index (χ0v) is 14.0. The second-order valence-corrected chi connectivity index (χ2v) is 6.62. The van der Waals surface area contributed by atoms with Gasteiger partial charge in [-0.2, -0.15) is 12.6 Å². The van der Waals surface area contributed by atoms with Gasteiger partial charge in [0.15, 0.2) is 10.8 Å². The Morgan fingerprint density at radius 2 is 1.95 bits per heavy atom. The van der Waals surface area contributed by atoms with Crippen molar-refractivity contribution in [3.05, 3.63) is 24.4 Å². The standard InChI is InChI=1S/C15H23N3S2/c1-3-8-15(11-19,9-4-2)12-20-14-17-16-13-7-5-6-10-18(13)14/h5-7,10,19H,3-4,8-9,11-12H2,1-2H3. The summed E-state index contributed by atoms with van der Waals surface area (Å²) in [5.41, 5.74) is 1.23. The molecular formula is C15H23N3S2. The lowest BCUT2D eigenvalue weighted by Gasteiger charge is -2.31. The molecule has 0 aliphatic carbocycles. The van der Waals surface area contributed by atoms with E-state index in [2.05, 4.69) is 41.1 Å². The van der Waals surface area contributed by atoms with Crippen molar-refractivity contribution in [3.8, 4) is 0 Å². The van der Waals surface area contributed by atoms with E-state index in [0.29, 0.717) is 5.41 Å². The van der Waals surface area contributed by atoms with E-state index in [1.54, 1.807) is 0 Å². The topological polar surface area (TPSA) is 30.2 Å². The highest BCUT2D eigenvalue weighted by molar-refractivity contribution is 7.99. The van der Waals surface area contributed by atoms with Gasteiger partial charge < -0.3 is 0 Å². The van der Waals surface area contributed by atoms with Gasteiger partial charge in [-0.3, -0.25) is 4.40 Å². The summed E-state index contributed by atoms with van der Waals surface area (Å²) in [7, 11) is 0. The lowest BCUT2D eigenvalue weighted by Crippen LogP contribution is -2.26. The molecule has 0 unspecified atom stereocenters.